The predicted molar refractivity (Wildman–Crippen MR) is 81.9 cm³/mol. The highest BCUT2D eigenvalue weighted by Gasteiger charge is 2.24. The molecule has 0 saturated carbocycles. The number of nitriles is 1. The first-order valence-corrected chi connectivity index (χ1v) is 6.79. The molecule has 0 aliphatic rings. The molecule has 2 aromatic carbocycles. The van der Waals surface area contributed by atoms with Crippen LogP contribution in [0.25, 0.3) is 0 Å². The molecule has 1 unspecified atom stereocenters. The normalized spacial score (nSPS) is 11.5. The zero-order chi connectivity index (χ0) is 15.4. The molecule has 2 aromatic rings. The molecule has 0 aromatic heterocycles. The summed E-state index contributed by atoms with van der Waals surface area (Å²) in [4.78, 5) is 12.6. The third kappa shape index (κ3) is 3.07. The van der Waals surface area contributed by atoms with E-state index >= 15 is 0 Å². The summed E-state index contributed by atoms with van der Waals surface area (Å²) in [5.41, 5.74) is 1.77. The molecule has 106 valence electrons. The number of benzene rings is 2. The van der Waals surface area contributed by atoms with Crippen LogP contribution in [0, 0.1) is 18.3 Å². The minimum absolute atomic E-state index is 0.259. The summed E-state index contributed by atoms with van der Waals surface area (Å²) in [5, 5.41) is 9.91. The zero-order valence-electron chi connectivity index (χ0n) is 11.8. The summed E-state index contributed by atoms with van der Waals surface area (Å²) in [6.45, 7) is 1.77. The lowest BCUT2D eigenvalue weighted by atomic mass is 9.90. The number of methoxy groups -OCH3 is 1. The highest BCUT2D eigenvalue weighted by atomic mass is 35.5. The fraction of sp³-hybridized carbons (Fsp3) is 0.176. The minimum atomic E-state index is -0.878. The molecule has 0 N–H and O–H groups in total. The Morgan fingerprint density at radius 2 is 2.00 bits per heavy atom. The molecular weight excluding hydrogens is 286 g/mol. The summed E-state index contributed by atoms with van der Waals surface area (Å²) in [6.07, 6.45) is 0. The first-order valence-electron chi connectivity index (χ1n) is 6.41. The van der Waals surface area contributed by atoms with Gasteiger partial charge in [0.25, 0.3) is 0 Å². The Bertz CT molecular complexity index is 719. The summed E-state index contributed by atoms with van der Waals surface area (Å²) in [6, 6.07) is 14.2. The molecule has 0 heterocycles. The summed E-state index contributed by atoms with van der Waals surface area (Å²) < 4.78 is 5.14. The van der Waals surface area contributed by atoms with Crippen molar-refractivity contribution in [3.8, 4) is 11.8 Å². The predicted octanol–water partition coefficient (Wildman–Crippen LogP) is 4.15. The lowest BCUT2D eigenvalue weighted by Crippen LogP contribution is -2.13. The van der Waals surface area contributed by atoms with Gasteiger partial charge >= 0.3 is 0 Å². The van der Waals surface area contributed by atoms with E-state index in [1.165, 1.54) is 0 Å². The average molecular weight is 300 g/mol. The number of halogens is 1. The second-order valence-electron chi connectivity index (χ2n) is 4.62. The van der Waals surface area contributed by atoms with Crippen LogP contribution < -0.4 is 4.74 Å². The van der Waals surface area contributed by atoms with Gasteiger partial charge in [-0.1, -0.05) is 35.9 Å². The Labute approximate surface area is 128 Å². The van der Waals surface area contributed by atoms with Crippen LogP contribution in [0.15, 0.2) is 42.5 Å². The number of hydrogen-bond donors (Lipinski definition) is 0. The van der Waals surface area contributed by atoms with Crippen LogP contribution in [-0.2, 0) is 0 Å². The van der Waals surface area contributed by atoms with Crippen LogP contribution in [-0.4, -0.2) is 12.9 Å². The van der Waals surface area contributed by atoms with E-state index in [4.69, 9.17) is 16.3 Å². The maximum atomic E-state index is 12.6. The molecule has 2 rings (SSSR count). The van der Waals surface area contributed by atoms with Crippen LogP contribution in [0.1, 0.15) is 27.4 Å². The Morgan fingerprint density at radius 1 is 1.29 bits per heavy atom. The molecule has 0 amide bonds. The lowest BCUT2D eigenvalue weighted by Gasteiger charge is -2.12. The van der Waals surface area contributed by atoms with E-state index in [-0.39, 0.29) is 5.78 Å². The molecule has 0 bridgehead atoms. The van der Waals surface area contributed by atoms with Crippen molar-refractivity contribution in [2.45, 2.75) is 12.8 Å². The van der Waals surface area contributed by atoms with Gasteiger partial charge in [0.05, 0.1) is 13.2 Å². The smallest absolute Gasteiger partial charge is 0.184 e. The van der Waals surface area contributed by atoms with Crippen LogP contribution in [0.3, 0.4) is 0 Å². The van der Waals surface area contributed by atoms with Crippen molar-refractivity contribution in [1.29, 1.82) is 5.26 Å². The topological polar surface area (TPSA) is 50.1 Å². The molecule has 21 heavy (non-hydrogen) atoms. The van der Waals surface area contributed by atoms with Gasteiger partial charge in [-0.25, -0.2) is 0 Å². The van der Waals surface area contributed by atoms with Crippen molar-refractivity contribution >= 4 is 17.4 Å². The molecule has 0 aliphatic heterocycles. The molecular formula is C17H14ClNO2. The average Bonchev–Trinajstić information content (AvgIpc) is 2.51. The Balaban J connectivity index is 2.44. The third-order valence-corrected chi connectivity index (χ3v) is 3.76. The molecule has 4 heteroatoms. The summed E-state index contributed by atoms with van der Waals surface area (Å²) in [7, 11) is 1.55. The fourth-order valence-corrected chi connectivity index (χ4v) is 2.31. The quantitative estimate of drug-likeness (QED) is 0.797. The fourth-order valence-electron chi connectivity index (χ4n) is 2.14. The Kier molecular flexibility index (Phi) is 4.62. The van der Waals surface area contributed by atoms with Gasteiger partial charge in [0.2, 0.25) is 0 Å². The van der Waals surface area contributed by atoms with Gasteiger partial charge in [0.15, 0.2) is 5.78 Å². The number of nitrogens with zero attached hydrogens (tertiary/aromatic N) is 1. The highest BCUT2D eigenvalue weighted by Crippen LogP contribution is 2.27. The van der Waals surface area contributed by atoms with Gasteiger partial charge in [-0.15, -0.1) is 0 Å². The van der Waals surface area contributed by atoms with E-state index in [0.717, 1.165) is 0 Å². The van der Waals surface area contributed by atoms with E-state index in [0.29, 0.717) is 27.5 Å². The van der Waals surface area contributed by atoms with Crippen molar-refractivity contribution < 1.29 is 9.53 Å². The van der Waals surface area contributed by atoms with Gasteiger partial charge in [0.1, 0.15) is 11.7 Å². The largest absolute Gasteiger partial charge is 0.497 e. The monoisotopic (exact) mass is 299 g/mol. The molecule has 3 nitrogen and oxygen atoms in total. The van der Waals surface area contributed by atoms with E-state index in [1.54, 1.807) is 56.5 Å². The first kappa shape index (κ1) is 15.1. The zero-order valence-corrected chi connectivity index (χ0v) is 12.5. The van der Waals surface area contributed by atoms with Gasteiger partial charge < -0.3 is 4.74 Å². The molecule has 1 atom stereocenters. The number of ether oxygens (including phenoxy) is 1. The highest BCUT2D eigenvalue weighted by molar-refractivity contribution is 6.32. The van der Waals surface area contributed by atoms with Crippen LogP contribution in [0.5, 0.6) is 5.75 Å². The van der Waals surface area contributed by atoms with Crippen molar-refractivity contribution in [1.82, 2.24) is 0 Å². The van der Waals surface area contributed by atoms with Gasteiger partial charge in [-0.2, -0.15) is 5.26 Å². The standard InChI is InChI=1S/C17H14ClNO2/c1-11-14(7-4-8-16(11)18)17(20)15(10-19)12-5-3-6-13(9-12)21-2/h3-9,15H,1-2H3. The SMILES string of the molecule is COc1cccc(C(C#N)C(=O)c2cccc(Cl)c2C)c1. The molecule has 0 fully saturated rings. The van der Waals surface area contributed by atoms with Crippen molar-refractivity contribution in [3.05, 3.63) is 64.2 Å². The lowest BCUT2D eigenvalue weighted by molar-refractivity contribution is 0.0978. The molecule has 0 aliphatic carbocycles. The first-order chi connectivity index (χ1) is 10.1. The molecule has 0 saturated heterocycles. The maximum absolute atomic E-state index is 12.6. The summed E-state index contributed by atoms with van der Waals surface area (Å²) >= 11 is 6.04. The van der Waals surface area contributed by atoms with E-state index in [2.05, 4.69) is 6.07 Å². The van der Waals surface area contributed by atoms with Gasteiger partial charge in [0, 0.05) is 10.6 Å². The third-order valence-electron chi connectivity index (χ3n) is 3.35. The van der Waals surface area contributed by atoms with Crippen molar-refractivity contribution in [3.63, 3.8) is 0 Å². The number of hydrogen-bond acceptors (Lipinski definition) is 3. The van der Waals surface area contributed by atoms with Crippen molar-refractivity contribution in [2.75, 3.05) is 7.11 Å². The van der Waals surface area contributed by atoms with E-state index < -0.39 is 5.92 Å². The number of rotatable bonds is 4. The molecule has 0 radical (unpaired) electrons. The second-order valence-corrected chi connectivity index (χ2v) is 5.02. The second kappa shape index (κ2) is 6.43. The summed E-state index contributed by atoms with van der Waals surface area (Å²) in [5.74, 6) is -0.522. The van der Waals surface area contributed by atoms with E-state index in [9.17, 15) is 10.1 Å². The van der Waals surface area contributed by atoms with Crippen LogP contribution in [0.2, 0.25) is 5.02 Å². The Morgan fingerprint density at radius 3 is 2.67 bits per heavy atom. The Hall–Kier alpha value is -2.31. The van der Waals surface area contributed by atoms with Crippen molar-refractivity contribution in [2.24, 2.45) is 0 Å². The number of carbonyl (C=O) groups excluding carboxylic acids is 1. The van der Waals surface area contributed by atoms with Crippen LogP contribution in [0.4, 0.5) is 0 Å². The van der Waals surface area contributed by atoms with Gasteiger partial charge in [-0.3, -0.25) is 4.79 Å². The minimum Gasteiger partial charge on any atom is -0.497 e. The van der Waals surface area contributed by atoms with Gasteiger partial charge in [-0.05, 0) is 36.2 Å². The number of carbonyl (C=O) groups is 1. The van der Waals surface area contributed by atoms with Crippen LogP contribution >= 0.6 is 11.6 Å². The van der Waals surface area contributed by atoms with E-state index in [1.807, 2.05) is 0 Å². The molecule has 0 spiro atoms. The number of Topliss-reactive ketones (excluding diaryl/α,β-unsaturated/α-hetero) is 1. The number of ketones is 1. The maximum Gasteiger partial charge on any atom is 0.184 e.